The number of nitrogens with two attached hydrogens (primary N) is 1. The van der Waals surface area contributed by atoms with Gasteiger partial charge in [-0.2, -0.15) is 0 Å². The highest BCUT2D eigenvalue weighted by Crippen LogP contribution is 2.35. The molecule has 5 heteroatoms. The summed E-state index contributed by atoms with van der Waals surface area (Å²) in [6.07, 6.45) is 6.26. The van der Waals surface area contributed by atoms with E-state index in [1.807, 2.05) is 24.3 Å². The van der Waals surface area contributed by atoms with E-state index >= 15 is 0 Å². The minimum Gasteiger partial charge on any atom is -0.494 e. The lowest BCUT2D eigenvalue weighted by atomic mass is 9.73. The minimum atomic E-state index is -0.591. The molecule has 0 unspecified atom stereocenters. The smallest absolute Gasteiger partial charge is 0.228 e. The molecule has 3 rings (SSSR count). The molecule has 1 aromatic carbocycles. The predicted molar refractivity (Wildman–Crippen MR) is 97.8 cm³/mol. The van der Waals surface area contributed by atoms with Gasteiger partial charge in [0.25, 0.3) is 0 Å². The zero-order valence-corrected chi connectivity index (χ0v) is 15.0. The maximum Gasteiger partial charge on any atom is 0.228 e. The van der Waals surface area contributed by atoms with E-state index in [0.717, 1.165) is 24.3 Å². The Morgan fingerprint density at radius 1 is 1.12 bits per heavy atom. The average molecular weight is 346 g/mol. The lowest BCUT2D eigenvalue weighted by Gasteiger charge is -2.34. The average Bonchev–Trinajstić information content (AvgIpc) is 3.16. The number of unbranched alkanes of at least 4 members (excludes halogenated alkanes) is 1. The van der Waals surface area contributed by atoms with Crippen molar-refractivity contribution in [3.05, 3.63) is 29.8 Å². The molecule has 138 valence electrons. The number of hydrogen-bond acceptors (Lipinski definition) is 4. The number of nitrogens with zero attached hydrogens (tertiary/aromatic N) is 1. The lowest BCUT2D eigenvalue weighted by Crippen LogP contribution is -2.45. The molecule has 2 N–H and O–H groups in total. The van der Waals surface area contributed by atoms with Gasteiger partial charge in [-0.1, -0.05) is 12.1 Å². The van der Waals surface area contributed by atoms with E-state index in [-0.39, 0.29) is 5.91 Å². The van der Waals surface area contributed by atoms with Crippen LogP contribution < -0.4 is 10.5 Å². The summed E-state index contributed by atoms with van der Waals surface area (Å²) in [5.41, 5.74) is 6.09. The Bertz CT molecular complexity index is 547. The van der Waals surface area contributed by atoms with Gasteiger partial charge < -0.3 is 20.1 Å². The second kappa shape index (κ2) is 8.68. The third-order valence-electron chi connectivity index (χ3n) is 5.56. The molecule has 0 aliphatic carbocycles. The Hall–Kier alpha value is -1.59. The molecule has 0 radical (unpaired) electrons. The third kappa shape index (κ3) is 4.53. The van der Waals surface area contributed by atoms with Gasteiger partial charge in [0.15, 0.2) is 0 Å². The molecule has 1 aromatic rings. The van der Waals surface area contributed by atoms with Crippen molar-refractivity contribution in [2.45, 2.75) is 43.9 Å². The summed E-state index contributed by atoms with van der Waals surface area (Å²) < 4.78 is 11.2. The van der Waals surface area contributed by atoms with Gasteiger partial charge >= 0.3 is 0 Å². The summed E-state index contributed by atoms with van der Waals surface area (Å²) in [5.74, 6) is 0.600. The molecule has 2 saturated heterocycles. The third-order valence-corrected chi connectivity index (χ3v) is 5.56. The highest BCUT2D eigenvalue weighted by molar-refractivity contribution is 5.86. The molecule has 0 atom stereocenters. The summed E-state index contributed by atoms with van der Waals surface area (Å²) >= 11 is 0. The number of carbonyl (C=O) groups is 1. The van der Waals surface area contributed by atoms with Gasteiger partial charge in [-0.05, 0) is 75.9 Å². The van der Waals surface area contributed by atoms with Gasteiger partial charge in [0.2, 0.25) is 5.91 Å². The highest BCUT2D eigenvalue weighted by Gasteiger charge is 2.40. The van der Waals surface area contributed by atoms with Crippen molar-refractivity contribution in [3.8, 4) is 5.75 Å². The van der Waals surface area contributed by atoms with Crippen LogP contribution >= 0.6 is 0 Å². The van der Waals surface area contributed by atoms with Gasteiger partial charge in [0.1, 0.15) is 5.75 Å². The molecule has 0 saturated carbocycles. The van der Waals surface area contributed by atoms with Crippen LogP contribution in [0.15, 0.2) is 24.3 Å². The van der Waals surface area contributed by atoms with Crippen LogP contribution in [0.5, 0.6) is 5.75 Å². The summed E-state index contributed by atoms with van der Waals surface area (Å²) in [4.78, 5) is 14.6. The standard InChI is InChI=1S/C20H30N2O3/c21-19(23)20(9-15-24-16-10-20)17-5-7-18(8-6-17)25-14-4-3-13-22-11-1-2-12-22/h5-8H,1-4,9-16H2,(H2,21,23). The van der Waals surface area contributed by atoms with E-state index < -0.39 is 5.41 Å². The summed E-state index contributed by atoms with van der Waals surface area (Å²) in [7, 11) is 0. The quantitative estimate of drug-likeness (QED) is 0.735. The summed E-state index contributed by atoms with van der Waals surface area (Å²) in [6, 6.07) is 7.87. The van der Waals surface area contributed by atoms with Gasteiger partial charge in [-0.15, -0.1) is 0 Å². The maximum atomic E-state index is 12.0. The van der Waals surface area contributed by atoms with Crippen LogP contribution in [0.2, 0.25) is 0 Å². The zero-order valence-electron chi connectivity index (χ0n) is 15.0. The number of primary amides is 1. The molecule has 1 amide bonds. The summed E-state index contributed by atoms with van der Waals surface area (Å²) in [5, 5.41) is 0. The number of rotatable bonds is 8. The molecule has 0 aromatic heterocycles. The number of hydrogen-bond donors (Lipinski definition) is 1. The zero-order chi connectivity index (χ0) is 17.5. The van der Waals surface area contributed by atoms with Crippen molar-refractivity contribution in [1.82, 2.24) is 4.90 Å². The van der Waals surface area contributed by atoms with Gasteiger partial charge in [0.05, 0.1) is 12.0 Å². The topological polar surface area (TPSA) is 64.8 Å². The first-order chi connectivity index (χ1) is 12.2. The Labute approximate surface area is 150 Å². The van der Waals surface area contributed by atoms with Crippen molar-refractivity contribution in [1.29, 1.82) is 0 Å². The molecule has 0 bridgehead atoms. The van der Waals surface area contributed by atoms with Crippen molar-refractivity contribution in [2.75, 3.05) is 39.5 Å². The molecule has 2 fully saturated rings. The van der Waals surface area contributed by atoms with Gasteiger partial charge in [0, 0.05) is 13.2 Å². The lowest BCUT2D eigenvalue weighted by molar-refractivity contribution is -0.127. The Kier molecular flexibility index (Phi) is 6.32. The molecular formula is C20H30N2O3. The van der Waals surface area contributed by atoms with E-state index in [9.17, 15) is 4.79 Å². The van der Waals surface area contributed by atoms with E-state index in [4.69, 9.17) is 15.2 Å². The minimum absolute atomic E-state index is 0.258. The fourth-order valence-corrected chi connectivity index (χ4v) is 3.90. The van der Waals surface area contributed by atoms with Crippen molar-refractivity contribution in [3.63, 3.8) is 0 Å². The van der Waals surface area contributed by atoms with Crippen molar-refractivity contribution in [2.24, 2.45) is 5.73 Å². The first-order valence-electron chi connectivity index (χ1n) is 9.54. The number of ether oxygens (including phenoxy) is 2. The molecule has 25 heavy (non-hydrogen) atoms. The van der Waals surface area contributed by atoms with Crippen LogP contribution in [0.1, 0.15) is 44.1 Å². The van der Waals surface area contributed by atoms with Crippen LogP contribution in [0.4, 0.5) is 0 Å². The second-order valence-corrected chi connectivity index (χ2v) is 7.19. The van der Waals surface area contributed by atoms with E-state index in [1.165, 1.54) is 38.9 Å². The Morgan fingerprint density at radius 3 is 2.44 bits per heavy atom. The number of benzene rings is 1. The van der Waals surface area contributed by atoms with E-state index in [2.05, 4.69) is 4.90 Å². The van der Waals surface area contributed by atoms with Crippen molar-refractivity contribution < 1.29 is 14.3 Å². The highest BCUT2D eigenvalue weighted by atomic mass is 16.5. The normalized spacial score (nSPS) is 20.5. The van der Waals surface area contributed by atoms with Crippen LogP contribution in [0, 0.1) is 0 Å². The molecule has 5 nitrogen and oxygen atoms in total. The first kappa shape index (κ1) is 18.2. The molecule has 2 aliphatic rings. The van der Waals surface area contributed by atoms with Crippen LogP contribution in [0.25, 0.3) is 0 Å². The van der Waals surface area contributed by atoms with Gasteiger partial charge in [-0.25, -0.2) is 0 Å². The number of amides is 1. The monoisotopic (exact) mass is 346 g/mol. The fraction of sp³-hybridized carbons (Fsp3) is 0.650. The number of likely N-dealkylation sites (tertiary alicyclic amines) is 1. The molecule has 2 aliphatic heterocycles. The molecule has 0 spiro atoms. The van der Waals surface area contributed by atoms with Crippen LogP contribution in [0.3, 0.4) is 0 Å². The first-order valence-corrected chi connectivity index (χ1v) is 9.54. The number of carbonyl (C=O) groups excluding carboxylic acids is 1. The summed E-state index contributed by atoms with van der Waals surface area (Å²) in [6.45, 7) is 5.61. The van der Waals surface area contributed by atoms with E-state index in [1.54, 1.807) is 0 Å². The van der Waals surface area contributed by atoms with Crippen LogP contribution in [-0.4, -0.2) is 50.3 Å². The fourth-order valence-electron chi connectivity index (χ4n) is 3.90. The molecule has 2 heterocycles. The van der Waals surface area contributed by atoms with Crippen molar-refractivity contribution >= 4 is 5.91 Å². The SMILES string of the molecule is NC(=O)C1(c2ccc(OCCCCN3CCCC3)cc2)CCOCC1. The predicted octanol–water partition coefficient (Wildman–Crippen LogP) is 2.47. The Balaban J connectivity index is 1.47. The largest absolute Gasteiger partial charge is 0.494 e. The maximum absolute atomic E-state index is 12.0. The molecular weight excluding hydrogens is 316 g/mol. The Morgan fingerprint density at radius 2 is 1.80 bits per heavy atom. The van der Waals surface area contributed by atoms with E-state index in [0.29, 0.717) is 26.1 Å². The second-order valence-electron chi connectivity index (χ2n) is 7.19. The van der Waals surface area contributed by atoms with Crippen LogP contribution in [-0.2, 0) is 14.9 Å². The van der Waals surface area contributed by atoms with Gasteiger partial charge in [-0.3, -0.25) is 4.79 Å².